The maximum absolute atomic E-state index is 11.9. The number of hydrogen-bond acceptors (Lipinski definition) is 5. The number of hydrogen-bond donors (Lipinski definition) is 1. The van der Waals surface area contributed by atoms with Crippen LogP contribution in [0.1, 0.15) is 37.5 Å². The number of thiophene rings is 1. The molecule has 2 aliphatic heterocycles. The van der Waals surface area contributed by atoms with Gasteiger partial charge in [-0.1, -0.05) is 6.07 Å². The molecule has 1 aromatic rings. The SMILES string of the molecule is CCOC(=O)C1CCN(C(=NC)NCC2CCN(Cc3cccs3)CC2)CC1.I. The van der Waals surface area contributed by atoms with Crippen molar-refractivity contribution in [2.45, 2.75) is 39.2 Å². The van der Waals surface area contributed by atoms with Crippen molar-refractivity contribution >= 4 is 47.2 Å². The van der Waals surface area contributed by atoms with Gasteiger partial charge in [0.15, 0.2) is 5.96 Å². The highest BCUT2D eigenvalue weighted by molar-refractivity contribution is 14.0. The second-order valence-electron chi connectivity index (χ2n) is 7.74. The molecule has 0 spiro atoms. The van der Waals surface area contributed by atoms with Crippen molar-refractivity contribution in [1.82, 2.24) is 15.1 Å². The summed E-state index contributed by atoms with van der Waals surface area (Å²) in [6.45, 7) is 8.48. The van der Waals surface area contributed by atoms with E-state index in [1.807, 2.05) is 25.3 Å². The predicted octanol–water partition coefficient (Wildman–Crippen LogP) is 3.43. The van der Waals surface area contributed by atoms with Crippen LogP contribution in [0.2, 0.25) is 0 Å². The van der Waals surface area contributed by atoms with Crippen LogP contribution in [-0.2, 0) is 16.1 Å². The Bertz CT molecular complexity index is 625. The number of piperidine rings is 2. The van der Waals surface area contributed by atoms with Gasteiger partial charge in [0.25, 0.3) is 0 Å². The molecule has 0 aromatic carbocycles. The van der Waals surface area contributed by atoms with Gasteiger partial charge >= 0.3 is 5.97 Å². The standard InChI is InChI=1S/C21H34N4O2S.HI/c1-3-27-20(26)18-8-12-25(13-9-18)21(22-2)23-15-17-6-10-24(11-7-17)16-19-5-4-14-28-19;/h4-5,14,17-18H,3,6-13,15-16H2,1-2H3,(H,22,23);1H. The maximum atomic E-state index is 11.9. The summed E-state index contributed by atoms with van der Waals surface area (Å²) >= 11 is 1.85. The van der Waals surface area contributed by atoms with Crippen LogP contribution in [0, 0.1) is 11.8 Å². The molecule has 0 amide bonds. The molecule has 8 heteroatoms. The van der Waals surface area contributed by atoms with Crippen molar-refractivity contribution in [3.8, 4) is 0 Å². The molecule has 0 aliphatic carbocycles. The quantitative estimate of drug-likeness (QED) is 0.263. The van der Waals surface area contributed by atoms with Crippen LogP contribution in [0.25, 0.3) is 0 Å². The molecule has 0 unspecified atom stereocenters. The Morgan fingerprint density at radius 1 is 1.24 bits per heavy atom. The molecular formula is C21H35IN4O2S. The lowest BCUT2D eigenvalue weighted by Crippen LogP contribution is -2.48. The van der Waals surface area contributed by atoms with Crippen LogP contribution < -0.4 is 5.32 Å². The Labute approximate surface area is 196 Å². The number of carbonyl (C=O) groups is 1. The Kier molecular flexibility index (Phi) is 10.7. The van der Waals surface area contributed by atoms with Crippen molar-refractivity contribution in [3.05, 3.63) is 22.4 Å². The summed E-state index contributed by atoms with van der Waals surface area (Å²) < 4.78 is 5.17. The van der Waals surface area contributed by atoms with Crippen molar-refractivity contribution in [3.63, 3.8) is 0 Å². The lowest BCUT2D eigenvalue weighted by molar-refractivity contribution is -0.149. The van der Waals surface area contributed by atoms with Gasteiger partial charge in [-0.25, -0.2) is 0 Å². The van der Waals surface area contributed by atoms with Gasteiger partial charge in [-0.05, 0) is 63.1 Å². The predicted molar refractivity (Wildman–Crippen MR) is 130 cm³/mol. The zero-order valence-corrected chi connectivity index (χ0v) is 20.8. The molecule has 1 aromatic heterocycles. The van der Waals surface area contributed by atoms with Crippen molar-refractivity contribution in [2.24, 2.45) is 16.8 Å². The summed E-state index contributed by atoms with van der Waals surface area (Å²) in [7, 11) is 1.85. The van der Waals surface area contributed by atoms with Gasteiger partial charge in [0.2, 0.25) is 0 Å². The number of nitrogens with zero attached hydrogens (tertiary/aromatic N) is 3. The smallest absolute Gasteiger partial charge is 0.309 e. The normalized spacial score (nSPS) is 19.7. The van der Waals surface area contributed by atoms with E-state index < -0.39 is 0 Å². The first-order valence-corrected chi connectivity index (χ1v) is 11.4. The molecule has 164 valence electrons. The first-order chi connectivity index (χ1) is 13.7. The number of rotatable bonds is 6. The number of carbonyl (C=O) groups excluding carboxylic acids is 1. The molecule has 0 radical (unpaired) electrons. The van der Waals surface area contributed by atoms with Crippen molar-refractivity contribution < 1.29 is 9.53 Å². The van der Waals surface area contributed by atoms with Gasteiger partial charge in [0, 0.05) is 38.1 Å². The van der Waals surface area contributed by atoms with E-state index in [1.165, 1.54) is 30.8 Å². The largest absolute Gasteiger partial charge is 0.466 e. The van der Waals surface area contributed by atoms with Gasteiger partial charge in [-0.15, -0.1) is 35.3 Å². The average molecular weight is 535 g/mol. The first-order valence-electron chi connectivity index (χ1n) is 10.6. The molecule has 2 aliphatic rings. The highest BCUT2D eigenvalue weighted by atomic mass is 127. The third-order valence-electron chi connectivity index (χ3n) is 5.84. The van der Waals surface area contributed by atoms with E-state index >= 15 is 0 Å². The van der Waals surface area contributed by atoms with Gasteiger partial charge in [0.1, 0.15) is 0 Å². The fourth-order valence-corrected chi connectivity index (χ4v) is 4.87. The van der Waals surface area contributed by atoms with Crippen molar-refractivity contribution in [1.29, 1.82) is 0 Å². The molecule has 2 fully saturated rings. The molecule has 2 saturated heterocycles. The zero-order chi connectivity index (χ0) is 19.8. The summed E-state index contributed by atoms with van der Waals surface area (Å²) in [6.07, 6.45) is 4.17. The lowest BCUT2D eigenvalue weighted by atomic mass is 9.96. The van der Waals surface area contributed by atoms with E-state index in [0.717, 1.165) is 45.0 Å². The summed E-state index contributed by atoms with van der Waals surface area (Å²) in [5.41, 5.74) is 0. The molecule has 3 rings (SSSR count). The molecule has 6 nitrogen and oxygen atoms in total. The second kappa shape index (κ2) is 12.7. The molecular weight excluding hydrogens is 499 g/mol. The number of ether oxygens (including phenoxy) is 1. The van der Waals surface area contributed by atoms with E-state index in [1.54, 1.807) is 0 Å². The average Bonchev–Trinajstić information content (AvgIpc) is 3.23. The molecule has 0 bridgehead atoms. The minimum atomic E-state index is -0.0422. The number of nitrogens with one attached hydrogen (secondary N) is 1. The Morgan fingerprint density at radius 2 is 1.97 bits per heavy atom. The second-order valence-corrected chi connectivity index (χ2v) is 8.77. The van der Waals surface area contributed by atoms with Gasteiger partial charge in [-0.2, -0.15) is 0 Å². The zero-order valence-electron chi connectivity index (χ0n) is 17.6. The molecule has 29 heavy (non-hydrogen) atoms. The minimum Gasteiger partial charge on any atom is -0.466 e. The van der Waals surface area contributed by atoms with Gasteiger partial charge < -0.3 is 15.0 Å². The van der Waals surface area contributed by atoms with Crippen LogP contribution in [0.15, 0.2) is 22.5 Å². The van der Waals surface area contributed by atoms with E-state index in [2.05, 4.69) is 37.6 Å². The third-order valence-corrected chi connectivity index (χ3v) is 6.70. The number of halogens is 1. The third kappa shape index (κ3) is 7.40. The summed E-state index contributed by atoms with van der Waals surface area (Å²) in [4.78, 5) is 22.7. The fraction of sp³-hybridized carbons (Fsp3) is 0.714. The number of esters is 1. The topological polar surface area (TPSA) is 57.2 Å². The lowest BCUT2D eigenvalue weighted by Gasteiger charge is -2.35. The molecule has 1 N–H and O–H groups in total. The van der Waals surface area contributed by atoms with Gasteiger partial charge in [0.05, 0.1) is 12.5 Å². The van der Waals surface area contributed by atoms with Crippen LogP contribution in [0.4, 0.5) is 0 Å². The highest BCUT2D eigenvalue weighted by Crippen LogP contribution is 2.21. The first kappa shape index (κ1) is 24.4. The Morgan fingerprint density at radius 3 is 2.55 bits per heavy atom. The van der Waals surface area contributed by atoms with Crippen LogP contribution in [0.3, 0.4) is 0 Å². The van der Waals surface area contributed by atoms with E-state index in [-0.39, 0.29) is 35.9 Å². The summed E-state index contributed by atoms with van der Waals surface area (Å²) in [6, 6.07) is 4.37. The maximum Gasteiger partial charge on any atom is 0.309 e. The van der Waals surface area contributed by atoms with Crippen LogP contribution >= 0.6 is 35.3 Å². The summed E-state index contributed by atoms with van der Waals surface area (Å²) in [5, 5.41) is 5.74. The van der Waals surface area contributed by atoms with E-state index in [4.69, 9.17) is 4.74 Å². The molecule has 0 atom stereocenters. The van der Waals surface area contributed by atoms with E-state index in [0.29, 0.717) is 12.5 Å². The monoisotopic (exact) mass is 534 g/mol. The van der Waals surface area contributed by atoms with Crippen molar-refractivity contribution in [2.75, 3.05) is 46.4 Å². The summed E-state index contributed by atoms with van der Waals surface area (Å²) in [5.74, 6) is 1.68. The van der Waals surface area contributed by atoms with E-state index in [9.17, 15) is 4.79 Å². The Hall–Kier alpha value is -0.870. The Balaban J connectivity index is 0.00000300. The molecule has 0 saturated carbocycles. The number of guanidine groups is 1. The number of likely N-dealkylation sites (tertiary alicyclic amines) is 2. The molecule has 3 heterocycles. The van der Waals surface area contributed by atoms with Crippen LogP contribution in [-0.4, -0.2) is 68.1 Å². The van der Waals surface area contributed by atoms with Crippen LogP contribution in [0.5, 0.6) is 0 Å². The van der Waals surface area contributed by atoms with Gasteiger partial charge in [-0.3, -0.25) is 14.7 Å². The fourth-order valence-electron chi connectivity index (χ4n) is 4.13. The minimum absolute atomic E-state index is 0. The number of aliphatic imine (C=N–C) groups is 1. The highest BCUT2D eigenvalue weighted by Gasteiger charge is 2.28.